The molecule has 1 N–H and O–H groups in total. The average molecular weight is 484 g/mol. The van der Waals surface area contributed by atoms with Crippen molar-refractivity contribution in [1.82, 2.24) is 10.2 Å². The summed E-state index contributed by atoms with van der Waals surface area (Å²) in [4.78, 5) is 15.2. The summed E-state index contributed by atoms with van der Waals surface area (Å²) in [6.07, 6.45) is 3.56. The minimum absolute atomic E-state index is 0.244. The van der Waals surface area contributed by atoms with Crippen LogP contribution in [-0.4, -0.2) is 44.6 Å². The van der Waals surface area contributed by atoms with Crippen molar-refractivity contribution in [2.75, 3.05) is 23.7 Å². The molecule has 0 radical (unpaired) electrons. The number of halogens is 2. The Balaban J connectivity index is 1.65. The second-order valence-electron chi connectivity index (χ2n) is 7.88. The Kier molecular flexibility index (Phi) is 7.86. The van der Waals surface area contributed by atoms with Crippen LogP contribution in [0.25, 0.3) is 0 Å². The highest BCUT2D eigenvalue weighted by molar-refractivity contribution is 7.92. The number of hydrogen-bond donors (Lipinski definition) is 1. The fourth-order valence-electron chi connectivity index (χ4n) is 3.77. The van der Waals surface area contributed by atoms with Gasteiger partial charge in [0.25, 0.3) is 0 Å². The molecule has 1 aliphatic heterocycles. The van der Waals surface area contributed by atoms with Crippen molar-refractivity contribution in [3.63, 3.8) is 0 Å². The topological polar surface area (TPSA) is 69.7 Å². The van der Waals surface area contributed by atoms with Gasteiger partial charge in [0, 0.05) is 23.1 Å². The van der Waals surface area contributed by atoms with Gasteiger partial charge in [-0.25, -0.2) is 8.42 Å². The summed E-state index contributed by atoms with van der Waals surface area (Å²) in [6, 6.07) is 11.6. The number of amides is 1. The van der Waals surface area contributed by atoms with Crippen LogP contribution in [0, 0.1) is 0 Å². The molecule has 0 spiro atoms. The van der Waals surface area contributed by atoms with E-state index in [1.807, 2.05) is 12.1 Å². The number of nitrogens with one attached hydrogen (secondary N) is 1. The van der Waals surface area contributed by atoms with Crippen LogP contribution in [0.3, 0.4) is 0 Å². The van der Waals surface area contributed by atoms with E-state index in [0.717, 1.165) is 35.8 Å². The van der Waals surface area contributed by atoms with Crippen LogP contribution in [0.5, 0.6) is 0 Å². The van der Waals surface area contributed by atoms with E-state index in [4.69, 9.17) is 23.2 Å². The van der Waals surface area contributed by atoms with Crippen LogP contribution in [0.2, 0.25) is 10.0 Å². The first-order valence-corrected chi connectivity index (χ1v) is 12.8. The van der Waals surface area contributed by atoms with Crippen LogP contribution < -0.4 is 9.62 Å². The summed E-state index contributed by atoms with van der Waals surface area (Å²) in [5.74, 6) is -0.414. The van der Waals surface area contributed by atoms with E-state index in [1.54, 1.807) is 0 Å². The van der Waals surface area contributed by atoms with Crippen LogP contribution >= 0.6 is 23.2 Å². The number of sulfonamides is 1. The fraction of sp³-hybridized carbons (Fsp3) is 0.409. The molecule has 31 heavy (non-hydrogen) atoms. The van der Waals surface area contributed by atoms with Crippen molar-refractivity contribution in [2.45, 2.75) is 38.9 Å². The molecule has 1 amide bonds. The third-order valence-corrected chi connectivity index (χ3v) is 6.96. The second kappa shape index (κ2) is 10.2. The minimum Gasteiger partial charge on any atom is -0.350 e. The molecule has 3 rings (SSSR count). The molecule has 9 heteroatoms. The van der Waals surface area contributed by atoms with E-state index in [2.05, 4.69) is 22.3 Å². The second-order valence-corrected chi connectivity index (χ2v) is 10.6. The van der Waals surface area contributed by atoms with Crippen molar-refractivity contribution in [3.8, 4) is 0 Å². The summed E-state index contributed by atoms with van der Waals surface area (Å²) in [5.41, 5.74) is 2.43. The Hall–Kier alpha value is -1.80. The van der Waals surface area contributed by atoms with E-state index in [1.165, 1.54) is 43.5 Å². The van der Waals surface area contributed by atoms with Gasteiger partial charge in [-0.2, -0.15) is 0 Å². The quantitative estimate of drug-likeness (QED) is 0.614. The standard InChI is InChI=1S/C22H27Cl2N3O3S/c1-16(27(31(2,29)30)21-12-19(23)11-20(24)13-21)22(28)25-14-17-5-7-18(8-6-17)15-26-9-3-4-10-26/h5-8,11-13,16H,3-4,9-10,14-15H2,1-2H3,(H,25,28)/t16-/m1/s1. The molecule has 1 aliphatic rings. The lowest BCUT2D eigenvalue weighted by atomic mass is 10.1. The smallest absolute Gasteiger partial charge is 0.243 e. The van der Waals surface area contributed by atoms with E-state index < -0.39 is 22.0 Å². The van der Waals surface area contributed by atoms with Crippen molar-refractivity contribution in [3.05, 3.63) is 63.6 Å². The van der Waals surface area contributed by atoms with Crippen LogP contribution in [0.15, 0.2) is 42.5 Å². The highest BCUT2D eigenvalue weighted by atomic mass is 35.5. The van der Waals surface area contributed by atoms with Crippen molar-refractivity contribution in [1.29, 1.82) is 0 Å². The molecule has 1 saturated heterocycles. The van der Waals surface area contributed by atoms with Gasteiger partial charge < -0.3 is 5.32 Å². The first-order valence-electron chi connectivity index (χ1n) is 10.2. The first kappa shape index (κ1) is 23.9. The normalized spacial score (nSPS) is 15.6. The Morgan fingerprint density at radius 3 is 2.16 bits per heavy atom. The lowest BCUT2D eigenvalue weighted by molar-refractivity contribution is -0.122. The number of anilines is 1. The molecule has 0 bridgehead atoms. The highest BCUT2D eigenvalue weighted by Crippen LogP contribution is 2.28. The SMILES string of the molecule is C[C@H](C(=O)NCc1ccc(CN2CCCC2)cc1)N(c1cc(Cl)cc(Cl)c1)S(C)(=O)=O. The molecule has 1 atom stereocenters. The maximum absolute atomic E-state index is 12.8. The number of carbonyl (C=O) groups is 1. The lowest BCUT2D eigenvalue weighted by Gasteiger charge is -2.28. The maximum Gasteiger partial charge on any atom is 0.243 e. The molecule has 1 heterocycles. The van der Waals surface area contributed by atoms with Gasteiger partial charge in [-0.3, -0.25) is 14.0 Å². The van der Waals surface area contributed by atoms with Crippen molar-refractivity contribution < 1.29 is 13.2 Å². The zero-order valence-corrected chi connectivity index (χ0v) is 20.0. The highest BCUT2D eigenvalue weighted by Gasteiger charge is 2.29. The molecular weight excluding hydrogens is 457 g/mol. The molecule has 168 valence electrons. The van der Waals surface area contributed by atoms with Gasteiger partial charge in [0.05, 0.1) is 11.9 Å². The van der Waals surface area contributed by atoms with Gasteiger partial charge in [0.1, 0.15) is 6.04 Å². The molecule has 0 aromatic heterocycles. The zero-order chi connectivity index (χ0) is 22.6. The predicted octanol–water partition coefficient (Wildman–Crippen LogP) is 4.06. The summed E-state index contributed by atoms with van der Waals surface area (Å²) in [5, 5.41) is 3.40. The monoisotopic (exact) mass is 483 g/mol. The maximum atomic E-state index is 12.8. The largest absolute Gasteiger partial charge is 0.350 e. The molecule has 2 aromatic carbocycles. The third-order valence-electron chi connectivity index (χ3n) is 5.28. The molecular formula is C22H27Cl2N3O3S. The predicted molar refractivity (Wildman–Crippen MR) is 126 cm³/mol. The summed E-state index contributed by atoms with van der Waals surface area (Å²) in [7, 11) is -3.75. The molecule has 2 aromatic rings. The third kappa shape index (κ3) is 6.59. The number of nitrogens with zero attached hydrogens (tertiary/aromatic N) is 2. The van der Waals surface area contributed by atoms with Gasteiger partial charge in [0.15, 0.2) is 0 Å². The fourth-order valence-corrected chi connectivity index (χ4v) is 5.45. The lowest BCUT2D eigenvalue weighted by Crippen LogP contribution is -2.47. The van der Waals surface area contributed by atoms with Crippen molar-refractivity contribution >= 4 is 44.8 Å². The van der Waals surface area contributed by atoms with E-state index in [0.29, 0.717) is 6.54 Å². The number of hydrogen-bond acceptors (Lipinski definition) is 4. The molecule has 0 saturated carbocycles. The zero-order valence-electron chi connectivity index (χ0n) is 17.6. The number of rotatable bonds is 8. The summed E-state index contributed by atoms with van der Waals surface area (Å²) in [6.45, 7) is 5.06. The Labute approximate surface area is 194 Å². The molecule has 1 fully saturated rings. The number of benzene rings is 2. The van der Waals surface area contributed by atoms with Gasteiger partial charge in [0.2, 0.25) is 15.9 Å². The van der Waals surface area contributed by atoms with Crippen LogP contribution in [0.4, 0.5) is 5.69 Å². The Bertz CT molecular complexity index is 1000. The van der Waals surface area contributed by atoms with Crippen LogP contribution in [-0.2, 0) is 27.9 Å². The van der Waals surface area contributed by atoms with Gasteiger partial charge in [-0.1, -0.05) is 47.5 Å². The minimum atomic E-state index is -3.75. The van der Waals surface area contributed by atoms with E-state index in [-0.39, 0.29) is 15.7 Å². The molecule has 0 aliphatic carbocycles. The number of carbonyl (C=O) groups excluding carboxylic acids is 1. The van der Waals surface area contributed by atoms with E-state index >= 15 is 0 Å². The summed E-state index contributed by atoms with van der Waals surface area (Å²) < 4.78 is 25.8. The molecule has 0 unspecified atom stereocenters. The summed E-state index contributed by atoms with van der Waals surface area (Å²) >= 11 is 12.1. The van der Waals surface area contributed by atoms with Gasteiger partial charge >= 0.3 is 0 Å². The Morgan fingerprint density at radius 2 is 1.61 bits per heavy atom. The number of likely N-dealkylation sites (tertiary alicyclic amines) is 1. The van der Waals surface area contributed by atoms with Crippen molar-refractivity contribution in [2.24, 2.45) is 0 Å². The van der Waals surface area contributed by atoms with Gasteiger partial charge in [-0.05, 0) is 62.2 Å². The first-order chi connectivity index (χ1) is 14.6. The van der Waals surface area contributed by atoms with E-state index in [9.17, 15) is 13.2 Å². The van der Waals surface area contributed by atoms with Crippen LogP contribution in [0.1, 0.15) is 30.9 Å². The Morgan fingerprint density at radius 1 is 1.06 bits per heavy atom. The molecule has 6 nitrogen and oxygen atoms in total. The van der Waals surface area contributed by atoms with Gasteiger partial charge in [-0.15, -0.1) is 0 Å². The average Bonchev–Trinajstić information content (AvgIpc) is 3.18.